The van der Waals surface area contributed by atoms with Crippen LogP contribution >= 0.6 is 0 Å². The molecule has 0 atom stereocenters. The largest absolute Gasteiger partial charge is 0.465 e. The van der Waals surface area contributed by atoms with Crippen molar-refractivity contribution >= 4 is 17.6 Å². The van der Waals surface area contributed by atoms with E-state index in [1.54, 1.807) is 25.1 Å². The second-order valence-corrected chi connectivity index (χ2v) is 5.75. The molecule has 2 rings (SSSR count). The first-order chi connectivity index (χ1) is 10.0. The van der Waals surface area contributed by atoms with Crippen LogP contribution in [0.15, 0.2) is 18.2 Å². The quantitative estimate of drug-likeness (QED) is 0.815. The van der Waals surface area contributed by atoms with Crippen LogP contribution in [0.5, 0.6) is 0 Å². The molecule has 5 heteroatoms. The lowest BCUT2D eigenvalue weighted by Crippen LogP contribution is -2.40. The molecule has 0 bridgehead atoms. The van der Waals surface area contributed by atoms with Gasteiger partial charge in [0.15, 0.2) is 0 Å². The van der Waals surface area contributed by atoms with E-state index >= 15 is 0 Å². The molecule has 0 heterocycles. The molecule has 1 aliphatic carbocycles. The predicted molar refractivity (Wildman–Crippen MR) is 81.1 cm³/mol. The molecule has 0 saturated heterocycles. The number of esters is 1. The van der Waals surface area contributed by atoms with Crippen LogP contribution in [0.1, 0.15) is 41.6 Å². The zero-order valence-electron chi connectivity index (χ0n) is 12.6. The van der Waals surface area contributed by atoms with Gasteiger partial charge >= 0.3 is 5.97 Å². The molecule has 5 nitrogen and oxygen atoms in total. The molecular weight excluding hydrogens is 268 g/mol. The highest BCUT2D eigenvalue weighted by Crippen LogP contribution is 2.43. The Morgan fingerprint density at radius 3 is 2.62 bits per heavy atom. The van der Waals surface area contributed by atoms with Crippen molar-refractivity contribution in [3.8, 4) is 0 Å². The number of amides is 1. The number of ether oxygens (including phenoxy) is 1. The molecule has 0 aliphatic heterocycles. The summed E-state index contributed by atoms with van der Waals surface area (Å²) in [6, 6.07) is 5.20. The van der Waals surface area contributed by atoms with Crippen LogP contribution in [0.25, 0.3) is 0 Å². The molecule has 1 fully saturated rings. The van der Waals surface area contributed by atoms with E-state index in [9.17, 15) is 9.59 Å². The van der Waals surface area contributed by atoms with Gasteiger partial charge < -0.3 is 15.8 Å². The number of hydrogen-bond acceptors (Lipinski definition) is 4. The van der Waals surface area contributed by atoms with Gasteiger partial charge in [0.05, 0.1) is 12.7 Å². The third-order valence-corrected chi connectivity index (χ3v) is 4.40. The third-order valence-electron chi connectivity index (χ3n) is 4.40. The summed E-state index contributed by atoms with van der Waals surface area (Å²) < 4.78 is 4.73. The molecule has 3 N–H and O–H groups in total. The number of rotatable bonds is 5. The summed E-state index contributed by atoms with van der Waals surface area (Å²) in [6.45, 7) is 2.34. The molecule has 1 aromatic rings. The minimum Gasteiger partial charge on any atom is -0.465 e. The maximum absolute atomic E-state index is 12.2. The molecule has 0 unspecified atom stereocenters. The van der Waals surface area contributed by atoms with Crippen LogP contribution in [0.2, 0.25) is 0 Å². The van der Waals surface area contributed by atoms with E-state index in [1.165, 1.54) is 7.11 Å². The molecule has 1 amide bonds. The van der Waals surface area contributed by atoms with Gasteiger partial charge in [0, 0.05) is 12.1 Å². The van der Waals surface area contributed by atoms with Crippen molar-refractivity contribution < 1.29 is 14.3 Å². The van der Waals surface area contributed by atoms with Crippen LogP contribution in [-0.4, -0.2) is 25.5 Å². The van der Waals surface area contributed by atoms with E-state index < -0.39 is 5.97 Å². The zero-order chi connectivity index (χ0) is 15.5. The van der Waals surface area contributed by atoms with Gasteiger partial charge in [-0.25, -0.2) is 4.79 Å². The summed E-state index contributed by atoms with van der Waals surface area (Å²) in [5.74, 6) is -0.453. The fraction of sp³-hybridized carbons (Fsp3) is 0.500. The van der Waals surface area contributed by atoms with Crippen molar-refractivity contribution in [2.75, 3.05) is 19.0 Å². The summed E-state index contributed by atoms with van der Waals surface area (Å²) in [5, 5.41) is 2.89. The standard InChI is InChI=1S/C16H22N2O3/c1-11-12(15(20)21-2)5-3-6-13(11)18-14(19)9-16(10-17)7-4-8-16/h3,5-6H,4,7-10,17H2,1-2H3,(H,18,19). The van der Waals surface area contributed by atoms with Crippen LogP contribution in [0.3, 0.4) is 0 Å². The first-order valence-corrected chi connectivity index (χ1v) is 7.19. The highest BCUT2D eigenvalue weighted by Gasteiger charge is 2.37. The Labute approximate surface area is 124 Å². The molecule has 1 saturated carbocycles. The number of nitrogens with one attached hydrogen (secondary N) is 1. The minimum atomic E-state index is -0.402. The van der Waals surface area contributed by atoms with Gasteiger partial charge in [0.25, 0.3) is 0 Å². The van der Waals surface area contributed by atoms with Gasteiger partial charge in [-0.2, -0.15) is 0 Å². The number of benzene rings is 1. The second kappa shape index (κ2) is 6.26. The smallest absolute Gasteiger partial charge is 0.338 e. The third kappa shape index (κ3) is 3.24. The maximum Gasteiger partial charge on any atom is 0.338 e. The number of carbonyl (C=O) groups is 2. The topological polar surface area (TPSA) is 81.4 Å². The summed E-state index contributed by atoms with van der Waals surface area (Å²) in [7, 11) is 1.34. The molecule has 1 aliphatic rings. The number of anilines is 1. The Morgan fingerprint density at radius 1 is 1.38 bits per heavy atom. The van der Waals surface area contributed by atoms with Crippen LogP contribution in [-0.2, 0) is 9.53 Å². The number of carbonyl (C=O) groups excluding carboxylic acids is 2. The van der Waals surface area contributed by atoms with E-state index in [0.717, 1.165) is 19.3 Å². The predicted octanol–water partition coefficient (Wildman–Crippen LogP) is 2.24. The SMILES string of the molecule is COC(=O)c1cccc(NC(=O)CC2(CN)CCC2)c1C. The van der Waals surface area contributed by atoms with Crippen molar-refractivity contribution in [1.82, 2.24) is 0 Å². The summed E-state index contributed by atoms with van der Waals surface area (Å²) >= 11 is 0. The lowest BCUT2D eigenvalue weighted by atomic mass is 9.66. The van der Waals surface area contributed by atoms with E-state index in [4.69, 9.17) is 10.5 Å². The van der Waals surface area contributed by atoms with E-state index in [1.807, 2.05) is 0 Å². The lowest BCUT2D eigenvalue weighted by molar-refractivity contribution is -0.119. The normalized spacial score (nSPS) is 16.0. The summed E-state index contributed by atoms with van der Waals surface area (Å²) in [6.07, 6.45) is 3.60. The molecule has 21 heavy (non-hydrogen) atoms. The van der Waals surface area contributed by atoms with Crippen molar-refractivity contribution in [1.29, 1.82) is 0 Å². The lowest BCUT2D eigenvalue weighted by Gasteiger charge is -2.40. The zero-order valence-corrected chi connectivity index (χ0v) is 12.6. The van der Waals surface area contributed by atoms with Gasteiger partial charge in [0.1, 0.15) is 0 Å². The van der Waals surface area contributed by atoms with Gasteiger partial charge in [-0.05, 0) is 49.4 Å². The van der Waals surface area contributed by atoms with Crippen LogP contribution in [0.4, 0.5) is 5.69 Å². The molecule has 0 aromatic heterocycles. The average molecular weight is 290 g/mol. The highest BCUT2D eigenvalue weighted by atomic mass is 16.5. The van der Waals surface area contributed by atoms with Crippen LogP contribution < -0.4 is 11.1 Å². The van der Waals surface area contributed by atoms with E-state index in [2.05, 4.69) is 5.32 Å². The first kappa shape index (κ1) is 15.5. The molecule has 0 radical (unpaired) electrons. The van der Waals surface area contributed by atoms with Crippen molar-refractivity contribution in [3.63, 3.8) is 0 Å². The molecular formula is C16H22N2O3. The van der Waals surface area contributed by atoms with Gasteiger partial charge in [-0.3, -0.25) is 4.79 Å². The Balaban J connectivity index is 2.09. The Bertz CT molecular complexity index is 545. The fourth-order valence-electron chi connectivity index (χ4n) is 2.77. The van der Waals surface area contributed by atoms with Gasteiger partial charge in [-0.1, -0.05) is 12.5 Å². The average Bonchev–Trinajstić information content (AvgIpc) is 2.44. The van der Waals surface area contributed by atoms with E-state index in [0.29, 0.717) is 29.8 Å². The second-order valence-electron chi connectivity index (χ2n) is 5.75. The van der Waals surface area contributed by atoms with Gasteiger partial charge in [0.2, 0.25) is 5.91 Å². The van der Waals surface area contributed by atoms with Crippen molar-refractivity contribution in [2.24, 2.45) is 11.1 Å². The Hall–Kier alpha value is -1.88. The molecule has 0 spiro atoms. The number of nitrogens with two attached hydrogens (primary N) is 1. The summed E-state index contributed by atoms with van der Waals surface area (Å²) in [5.41, 5.74) is 7.58. The van der Waals surface area contributed by atoms with Gasteiger partial charge in [-0.15, -0.1) is 0 Å². The molecule has 1 aromatic carbocycles. The van der Waals surface area contributed by atoms with Crippen LogP contribution in [0, 0.1) is 12.3 Å². The highest BCUT2D eigenvalue weighted by molar-refractivity contribution is 5.96. The number of hydrogen-bond donors (Lipinski definition) is 2. The number of methoxy groups -OCH3 is 1. The monoisotopic (exact) mass is 290 g/mol. The Kier molecular flexibility index (Phi) is 4.63. The fourth-order valence-corrected chi connectivity index (χ4v) is 2.77. The summed E-state index contributed by atoms with van der Waals surface area (Å²) in [4.78, 5) is 23.9. The first-order valence-electron chi connectivity index (χ1n) is 7.19. The Morgan fingerprint density at radius 2 is 2.10 bits per heavy atom. The van der Waals surface area contributed by atoms with E-state index in [-0.39, 0.29) is 11.3 Å². The van der Waals surface area contributed by atoms with Crippen molar-refractivity contribution in [3.05, 3.63) is 29.3 Å². The maximum atomic E-state index is 12.2. The minimum absolute atomic E-state index is 0.0298. The molecule has 114 valence electrons. The van der Waals surface area contributed by atoms with Crippen molar-refractivity contribution in [2.45, 2.75) is 32.6 Å².